The number of imide groups is 1. The number of benzene rings is 2. The van der Waals surface area contributed by atoms with Gasteiger partial charge in [0.2, 0.25) is 5.91 Å². The van der Waals surface area contributed by atoms with Gasteiger partial charge in [-0.25, -0.2) is 4.39 Å². The van der Waals surface area contributed by atoms with Gasteiger partial charge in [0.1, 0.15) is 24.2 Å². The third-order valence-electron chi connectivity index (χ3n) is 4.01. The van der Waals surface area contributed by atoms with Gasteiger partial charge in [-0.15, -0.1) is 0 Å². The average Bonchev–Trinajstić information content (AvgIpc) is 2.84. The smallest absolute Gasteiger partial charge is 0.262 e. The summed E-state index contributed by atoms with van der Waals surface area (Å²) in [7, 11) is 0. The molecule has 0 aromatic heterocycles. The first-order valence-corrected chi connectivity index (χ1v) is 7.57. The highest BCUT2D eigenvalue weighted by Gasteiger charge is 2.40. The number of nitrogens with zero attached hydrogens (tertiary/aromatic N) is 1. The molecule has 3 rings (SSSR count). The second kappa shape index (κ2) is 6.35. The molecule has 0 radical (unpaired) electrons. The fourth-order valence-corrected chi connectivity index (χ4v) is 2.55. The van der Waals surface area contributed by atoms with Crippen LogP contribution in [0.25, 0.3) is 0 Å². The van der Waals surface area contributed by atoms with Crippen LogP contribution in [0.1, 0.15) is 33.2 Å². The number of rotatable bonds is 5. The zero-order valence-electron chi connectivity index (χ0n) is 13.4. The molecule has 0 aliphatic carbocycles. The van der Waals surface area contributed by atoms with Crippen LogP contribution in [0.3, 0.4) is 0 Å². The van der Waals surface area contributed by atoms with Crippen LogP contribution in [0.2, 0.25) is 0 Å². The molecule has 2 aromatic carbocycles. The van der Waals surface area contributed by atoms with Gasteiger partial charge in [-0.3, -0.25) is 19.3 Å². The predicted molar refractivity (Wildman–Crippen MR) is 86.3 cm³/mol. The molecule has 6 nitrogen and oxygen atoms in total. The van der Waals surface area contributed by atoms with Crippen molar-refractivity contribution in [1.29, 1.82) is 0 Å². The third-order valence-corrected chi connectivity index (χ3v) is 4.01. The Balaban J connectivity index is 1.79. The van der Waals surface area contributed by atoms with Gasteiger partial charge in [-0.1, -0.05) is 12.1 Å². The summed E-state index contributed by atoms with van der Waals surface area (Å²) in [5, 5.41) is 0. The summed E-state index contributed by atoms with van der Waals surface area (Å²) in [6.07, 6.45) is 0. The van der Waals surface area contributed by atoms with Crippen LogP contribution in [0, 0.1) is 5.82 Å². The SMILES string of the molecule is C[C@@H](C(N)=O)N1C(=O)c2ccc(OCc3ccc(F)cc3)cc2C1=O. The van der Waals surface area contributed by atoms with E-state index >= 15 is 0 Å². The van der Waals surface area contributed by atoms with Gasteiger partial charge in [-0.2, -0.15) is 0 Å². The number of nitrogens with two attached hydrogens (primary N) is 1. The van der Waals surface area contributed by atoms with Crippen molar-refractivity contribution in [2.75, 3.05) is 0 Å². The lowest BCUT2D eigenvalue weighted by Crippen LogP contribution is -2.45. The maximum Gasteiger partial charge on any atom is 0.262 e. The molecule has 0 bridgehead atoms. The summed E-state index contributed by atoms with van der Waals surface area (Å²) in [6, 6.07) is 9.29. The number of carbonyl (C=O) groups excluding carboxylic acids is 3. The average molecular weight is 342 g/mol. The first-order chi connectivity index (χ1) is 11.9. The Hall–Kier alpha value is -3.22. The lowest BCUT2D eigenvalue weighted by Gasteiger charge is -2.18. The van der Waals surface area contributed by atoms with E-state index in [0.29, 0.717) is 5.75 Å². The molecule has 0 saturated heterocycles. The first-order valence-electron chi connectivity index (χ1n) is 7.57. The van der Waals surface area contributed by atoms with Crippen LogP contribution in [-0.4, -0.2) is 28.7 Å². The van der Waals surface area contributed by atoms with Gasteiger partial charge in [0.25, 0.3) is 11.8 Å². The van der Waals surface area contributed by atoms with Crippen molar-refractivity contribution >= 4 is 17.7 Å². The highest BCUT2D eigenvalue weighted by Crippen LogP contribution is 2.28. The molecule has 0 fully saturated rings. The maximum absolute atomic E-state index is 12.9. The standard InChI is InChI=1S/C18H15FN2O4/c1-10(16(20)22)21-17(23)14-7-6-13(8-15(14)18(21)24)25-9-11-2-4-12(19)5-3-11/h2-8,10H,9H2,1H3,(H2,20,22)/t10-/m0/s1. The Labute approximate surface area is 143 Å². The van der Waals surface area contributed by atoms with Crippen LogP contribution < -0.4 is 10.5 Å². The molecule has 3 amide bonds. The fraction of sp³-hybridized carbons (Fsp3) is 0.167. The summed E-state index contributed by atoms with van der Waals surface area (Å²) < 4.78 is 18.5. The molecular formula is C18H15FN2O4. The molecule has 0 saturated carbocycles. The zero-order valence-corrected chi connectivity index (χ0v) is 13.4. The highest BCUT2D eigenvalue weighted by molar-refractivity contribution is 6.22. The Bertz CT molecular complexity index is 864. The van der Waals surface area contributed by atoms with E-state index in [2.05, 4.69) is 0 Å². The molecule has 25 heavy (non-hydrogen) atoms. The lowest BCUT2D eigenvalue weighted by molar-refractivity contribution is -0.121. The van der Waals surface area contributed by atoms with Gasteiger partial charge >= 0.3 is 0 Å². The summed E-state index contributed by atoms with van der Waals surface area (Å²) in [4.78, 5) is 36.9. The predicted octanol–water partition coefficient (Wildman–Crippen LogP) is 1.87. The maximum atomic E-state index is 12.9. The lowest BCUT2D eigenvalue weighted by atomic mass is 10.1. The number of amides is 3. The second-order valence-electron chi connectivity index (χ2n) is 5.68. The van der Waals surface area contributed by atoms with Crippen molar-refractivity contribution in [3.8, 4) is 5.75 Å². The number of primary amides is 1. The van der Waals surface area contributed by atoms with E-state index in [-0.39, 0.29) is 23.6 Å². The molecule has 2 N–H and O–H groups in total. The van der Waals surface area contributed by atoms with Crippen LogP contribution in [0.5, 0.6) is 5.75 Å². The Morgan fingerprint density at radius 1 is 1.12 bits per heavy atom. The number of carbonyl (C=O) groups is 3. The number of hydrogen-bond acceptors (Lipinski definition) is 4. The van der Waals surface area contributed by atoms with E-state index in [1.54, 1.807) is 18.2 Å². The van der Waals surface area contributed by atoms with Crippen molar-refractivity contribution in [3.63, 3.8) is 0 Å². The molecule has 1 aliphatic rings. The third kappa shape index (κ3) is 3.08. The summed E-state index contributed by atoms with van der Waals surface area (Å²) in [6.45, 7) is 1.58. The number of halogens is 1. The summed E-state index contributed by atoms with van der Waals surface area (Å²) >= 11 is 0. The number of hydrogen-bond donors (Lipinski definition) is 1. The minimum atomic E-state index is -1.03. The van der Waals surface area contributed by atoms with E-state index in [9.17, 15) is 18.8 Å². The minimum Gasteiger partial charge on any atom is -0.489 e. The number of ether oxygens (including phenoxy) is 1. The van der Waals surface area contributed by atoms with E-state index in [4.69, 9.17) is 10.5 Å². The fourth-order valence-electron chi connectivity index (χ4n) is 2.55. The van der Waals surface area contributed by atoms with E-state index in [0.717, 1.165) is 10.5 Å². The Kier molecular flexibility index (Phi) is 4.22. The van der Waals surface area contributed by atoms with Crippen molar-refractivity contribution in [2.24, 2.45) is 5.73 Å². The van der Waals surface area contributed by atoms with Crippen LogP contribution in [-0.2, 0) is 11.4 Å². The first kappa shape index (κ1) is 16.6. The quantitative estimate of drug-likeness (QED) is 0.840. The van der Waals surface area contributed by atoms with Gasteiger partial charge in [0.15, 0.2) is 0 Å². The van der Waals surface area contributed by atoms with Gasteiger partial charge in [0.05, 0.1) is 11.1 Å². The van der Waals surface area contributed by atoms with Crippen LogP contribution in [0.15, 0.2) is 42.5 Å². The molecule has 0 unspecified atom stereocenters. The normalized spacial score (nSPS) is 14.4. The van der Waals surface area contributed by atoms with Crippen molar-refractivity contribution in [2.45, 2.75) is 19.6 Å². The summed E-state index contributed by atoms with van der Waals surface area (Å²) in [5.41, 5.74) is 6.31. The minimum absolute atomic E-state index is 0.162. The largest absolute Gasteiger partial charge is 0.489 e. The Morgan fingerprint density at radius 2 is 1.76 bits per heavy atom. The van der Waals surface area contributed by atoms with Gasteiger partial charge in [-0.05, 0) is 42.8 Å². The van der Waals surface area contributed by atoms with Crippen molar-refractivity contribution < 1.29 is 23.5 Å². The number of fused-ring (bicyclic) bond motifs is 1. The molecule has 1 aliphatic heterocycles. The zero-order chi connectivity index (χ0) is 18.1. The molecule has 128 valence electrons. The van der Waals surface area contributed by atoms with Crippen LogP contribution in [0.4, 0.5) is 4.39 Å². The van der Waals surface area contributed by atoms with Crippen molar-refractivity contribution in [1.82, 2.24) is 4.90 Å². The highest BCUT2D eigenvalue weighted by atomic mass is 19.1. The van der Waals surface area contributed by atoms with Crippen molar-refractivity contribution in [3.05, 3.63) is 65.0 Å². The molecule has 1 atom stereocenters. The molecule has 1 heterocycles. The van der Waals surface area contributed by atoms with Gasteiger partial charge < -0.3 is 10.5 Å². The topological polar surface area (TPSA) is 89.7 Å². The molecule has 2 aromatic rings. The summed E-state index contributed by atoms with van der Waals surface area (Å²) in [5.74, 6) is -1.86. The second-order valence-corrected chi connectivity index (χ2v) is 5.68. The molecule has 7 heteroatoms. The van der Waals surface area contributed by atoms with E-state index < -0.39 is 23.8 Å². The monoisotopic (exact) mass is 342 g/mol. The Morgan fingerprint density at radius 3 is 2.40 bits per heavy atom. The molecular weight excluding hydrogens is 327 g/mol. The molecule has 0 spiro atoms. The van der Waals surface area contributed by atoms with Crippen LogP contribution >= 0.6 is 0 Å². The van der Waals surface area contributed by atoms with E-state index in [1.165, 1.54) is 31.2 Å². The van der Waals surface area contributed by atoms with Gasteiger partial charge in [0, 0.05) is 0 Å². The van der Waals surface area contributed by atoms with E-state index in [1.807, 2.05) is 0 Å².